The molecule has 1 heterocycles. The monoisotopic (exact) mass is 175 g/mol. The zero-order valence-corrected chi connectivity index (χ0v) is 8.59. The lowest BCUT2D eigenvalue weighted by atomic mass is 9.93. The third-order valence-corrected chi connectivity index (χ3v) is 2.92. The van der Waals surface area contributed by atoms with Crippen LogP contribution in [0.2, 0.25) is 0 Å². The zero-order valence-electron chi connectivity index (χ0n) is 8.59. The van der Waals surface area contributed by atoms with Gasteiger partial charge in [0, 0.05) is 12.6 Å². The van der Waals surface area contributed by atoms with E-state index in [2.05, 4.69) is 44.3 Å². The van der Waals surface area contributed by atoms with Crippen molar-refractivity contribution in [2.45, 2.75) is 39.3 Å². The fourth-order valence-corrected chi connectivity index (χ4v) is 2.14. The lowest BCUT2D eigenvalue weighted by Crippen LogP contribution is -2.07. The summed E-state index contributed by atoms with van der Waals surface area (Å²) in [5.41, 5.74) is 4.53. The summed E-state index contributed by atoms with van der Waals surface area (Å²) in [6.45, 7) is 7.80. The van der Waals surface area contributed by atoms with E-state index in [9.17, 15) is 0 Å². The van der Waals surface area contributed by atoms with Crippen molar-refractivity contribution in [2.24, 2.45) is 0 Å². The standard InChI is InChI=1S/C12H17N/c1-8(2)10-5-4-6-11-9(3)13-7-12(10)11/h4-6,8-9,13H,7H2,1-3H3/t9-/m1/s1. The summed E-state index contributed by atoms with van der Waals surface area (Å²) in [4.78, 5) is 0. The van der Waals surface area contributed by atoms with Crippen molar-refractivity contribution in [3.8, 4) is 0 Å². The number of nitrogens with one attached hydrogen (secondary N) is 1. The van der Waals surface area contributed by atoms with Gasteiger partial charge in [0.15, 0.2) is 0 Å². The number of benzene rings is 1. The van der Waals surface area contributed by atoms with Crippen LogP contribution < -0.4 is 5.32 Å². The van der Waals surface area contributed by atoms with Gasteiger partial charge in [-0.3, -0.25) is 0 Å². The van der Waals surface area contributed by atoms with Gasteiger partial charge in [0.25, 0.3) is 0 Å². The van der Waals surface area contributed by atoms with Gasteiger partial charge >= 0.3 is 0 Å². The molecule has 1 atom stereocenters. The summed E-state index contributed by atoms with van der Waals surface area (Å²) < 4.78 is 0. The van der Waals surface area contributed by atoms with Crippen molar-refractivity contribution in [2.75, 3.05) is 0 Å². The van der Waals surface area contributed by atoms with Crippen molar-refractivity contribution in [3.05, 3.63) is 34.9 Å². The first-order valence-electron chi connectivity index (χ1n) is 5.05. The van der Waals surface area contributed by atoms with Gasteiger partial charge in [-0.15, -0.1) is 0 Å². The number of fused-ring (bicyclic) bond motifs is 1. The first-order valence-corrected chi connectivity index (χ1v) is 5.05. The lowest BCUT2D eigenvalue weighted by Gasteiger charge is -2.11. The van der Waals surface area contributed by atoms with E-state index in [-0.39, 0.29) is 0 Å². The molecule has 0 radical (unpaired) electrons. The minimum Gasteiger partial charge on any atom is -0.306 e. The normalized spacial score (nSPS) is 20.8. The molecule has 1 aliphatic rings. The second kappa shape index (κ2) is 3.15. The first kappa shape index (κ1) is 8.76. The maximum absolute atomic E-state index is 3.48. The predicted molar refractivity (Wildman–Crippen MR) is 55.8 cm³/mol. The molecule has 0 saturated heterocycles. The SMILES string of the molecule is CC(C)c1cccc2c1CN[C@@H]2C. The molecular weight excluding hydrogens is 158 g/mol. The van der Waals surface area contributed by atoms with Crippen LogP contribution in [0, 0.1) is 0 Å². The number of rotatable bonds is 1. The molecule has 1 nitrogen and oxygen atoms in total. The quantitative estimate of drug-likeness (QED) is 0.692. The largest absolute Gasteiger partial charge is 0.306 e. The summed E-state index contributed by atoms with van der Waals surface area (Å²) in [7, 11) is 0. The van der Waals surface area contributed by atoms with Gasteiger partial charge in [-0.2, -0.15) is 0 Å². The van der Waals surface area contributed by atoms with Gasteiger partial charge in [0.2, 0.25) is 0 Å². The number of hydrogen-bond acceptors (Lipinski definition) is 1. The minimum absolute atomic E-state index is 0.536. The Morgan fingerprint density at radius 1 is 1.38 bits per heavy atom. The zero-order chi connectivity index (χ0) is 9.42. The van der Waals surface area contributed by atoms with E-state index in [0.29, 0.717) is 12.0 Å². The van der Waals surface area contributed by atoms with Crippen molar-refractivity contribution in [1.29, 1.82) is 0 Å². The van der Waals surface area contributed by atoms with Crippen molar-refractivity contribution >= 4 is 0 Å². The second-order valence-corrected chi connectivity index (χ2v) is 4.17. The Hall–Kier alpha value is -0.820. The maximum atomic E-state index is 3.48. The summed E-state index contributed by atoms with van der Waals surface area (Å²) in [5, 5.41) is 3.48. The summed E-state index contributed by atoms with van der Waals surface area (Å²) in [6, 6.07) is 7.21. The van der Waals surface area contributed by atoms with E-state index in [1.54, 1.807) is 0 Å². The van der Waals surface area contributed by atoms with Crippen molar-refractivity contribution in [1.82, 2.24) is 5.32 Å². The predicted octanol–water partition coefficient (Wildman–Crippen LogP) is 2.97. The third kappa shape index (κ3) is 1.37. The Labute approximate surface area is 80.2 Å². The van der Waals surface area contributed by atoms with E-state index in [0.717, 1.165) is 6.54 Å². The average Bonchev–Trinajstić information content (AvgIpc) is 2.48. The molecule has 1 aliphatic heterocycles. The molecule has 0 unspecified atom stereocenters. The van der Waals surface area contributed by atoms with E-state index >= 15 is 0 Å². The summed E-state index contributed by atoms with van der Waals surface area (Å²) >= 11 is 0. The van der Waals surface area contributed by atoms with Crippen LogP contribution in [0.25, 0.3) is 0 Å². The molecule has 0 aromatic heterocycles. The van der Waals surface area contributed by atoms with Crippen LogP contribution in [-0.4, -0.2) is 0 Å². The minimum atomic E-state index is 0.536. The van der Waals surface area contributed by atoms with Crippen molar-refractivity contribution < 1.29 is 0 Å². The van der Waals surface area contributed by atoms with Gasteiger partial charge in [-0.25, -0.2) is 0 Å². The van der Waals surface area contributed by atoms with Gasteiger partial charge in [0.1, 0.15) is 0 Å². The van der Waals surface area contributed by atoms with Crippen molar-refractivity contribution in [3.63, 3.8) is 0 Å². The molecule has 0 bridgehead atoms. The fraction of sp³-hybridized carbons (Fsp3) is 0.500. The molecule has 0 aliphatic carbocycles. The Morgan fingerprint density at radius 3 is 2.85 bits per heavy atom. The van der Waals surface area contributed by atoms with Crippen LogP contribution in [0.15, 0.2) is 18.2 Å². The van der Waals surface area contributed by atoms with Crippen LogP contribution in [0.4, 0.5) is 0 Å². The van der Waals surface area contributed by atoms with Gasteiger partial charge in [-0.05, 0) is 29.5 Å². The van der Waals surface area contributed by atoms with Crippen LogP contribution >= 0.6 is 0 Å². The fourth-order valence-electron chi connectivity index (χ4n) is 2.14. The van der Waals surface area contributed by atoms with E-state index < -0.39 is 0 Å². The molecular formula is C12H17N. The van der Waals surface area contributed by atoms with Crippen LogP contribution in [-0.2, 0) is 6.54 Å². The van der Waals surface area contributed by atoms with Gasteiger partial charge in [0.05, 0.1) is 0 Å². The third-order valence-electron chi connectivity index (χ3n) is 2.92. The Balaban J connectivity index is 2.51. The summed E-state index contributed by atoms with van der Waals surface area (Å²) in [5.74, 6) is 0.641. The molecule has 1 N–H and O–H groups in total. The summed E-state index contributed by atoms with van der Waals surface area (Å²) in [6.07, 6.45) is 0. The maximum Gasteiger partial charge on any atom is 0.0298 e. The number of hydrogen-bond donors (Lipinski definition) is 1. The van der Waals surface area contributed by atoms with E-state index in [4.69, 9.17) is 0 Å². The molecule has 1 heteroatoms. The molecule has 0 amide bonds. The Kier molecular flexibility index (Phi) is 2.12. The molecule has 1 aromatic carbocycles. The highest BCUT2D eigenvalue weighted by Crippen LogP contribution is 2.30. The van der Waals surface area contributed by atoms with E-state index in [1.807, 2.05) is 0 Å². The molecule has 0 fully saturated rings. The lowest BCUT2D eigenvalue weighted by molar-refractivity contribution is 0.632. The van der Waals surface area contributed by atoms with Gasteiger partial charge < -0.3 is 5.32 Å². The van der Waals surface area contributed by atoms with E-state index in [1.165, 1.54) is 16.7 Å². The highest BCUT2D eigenvalue weighted by atomic mass is 14.9. The highest BCUT2D eigenvalue weighted by Gasteiger charge is 2.20. The second-order valence-electron chi connectivity index (χ2n) is 4.17. The smallest absolute Gasteiger partial charge is 0.0298 e. The van der Waals surface area contributed by atoms with Crippen LogP contribution in [0.1, 0.15) is 49.4 Å². The highest BCUT2D eigenvalue weighted by molar-refractivity contribution is 5.41. The average molecular weight is 175 g/mol. The van der Waals surface area contributed by atoms with Crippen LogP contribution in [0.5, 0.6) is 0 Å². The topological polar surface area (TPSA) is 12.0 Å². The molecule has 13 heavy (non-hydrogen) atoms. The Bertz CT molecular complexity index is 315. The molecule has 0 saturated carbocycles. The Morgan fingerprint density at radius 2 is 2.15 bits per heavy atom. The van der Waals surface area contributed by atoms with Crippen LogP contribution in [0.3, 0.4) is 0 Å². The van der Waals surface area contributed by atoms with Gasteiger partial charge in [-0.1, -0.05) is 32.0 Å². The molecule has 70 valence electrons. The molecule has 0 spiro atoms. The first-order chi connectivity index (χ1) is 6.20. The molecule has 2 rings (SSSR count). The molecule has 1 aromatic rings.